The number of carbonyl (C=O) groups is 1. The van der Waals surface area contributed by atoms with Crippen LogP contribution in [0.3, 0.4) is 0 Å². The molecule has 0 bridgehead atoms. The molecule has 2 N–H and O–H groups in total. The number of rotatable bonds is 2. The Kier molecular flexibility index (Phi) is 2.28. The second-order valence-corrected chi connectivity index (χ2v) is 4.52. The Bertz CT molecular complexity index is 213. The van der Waals surface area contributed by atoms with Crippen molar-refractivity contribution >= 4 is 5.91 Å². The van der Waals surface area contributed by atoms with Gasteiger partial charge in [0.1, 0.15) is 0 Å². The number of nitrogens with one attached hydrogen (secondary N) is 2. The molecule has 0 aromatic heterocycles. The Labute approximate surface area is 79.3 Å². The van der Waals surface area contributed by atoms with Crippen LogP contribution < -0.4 is 10.6 Å². The van der Waals surface area contributed by atoms with Gasteiger partial charge in [0.2, 0.25) is 5.91 Å². The Morgan fingerprint density at radius 3 is 2.77 bits per heavy atom. The summed E-state index contributed by atoms with van der Waals surface area (Å²) in [6.45, 7) is 3.72. The van der Waals surface area contributed by atoms with E-state index < -0.39 is 0 Å². The van der Waals surface area contributed by atoms with Crippen molar-refractivity contribution in [1.82, 2.24) is 10.6 Å². The molecule has 0 radical (unpaired) electrons. The first-order valence-corrected chi connectivity index (χ1v) is 5.24. The minimum atomic E-state index is -0.288. The molecule has 0 aromatic rings. The maximum absolute atomic E-state index is 11.6. The van der Waals surface area contributed by atoms with Crippen molar-refractivity contribution in [2.75, 3.05) is 13.1 Å². The van der Waals surface area contributed by atoms with Gasteiger partial charge in [-0.1, -0.05) is 19.3 Å². The molecule has 2 rings (SSSR count). The molecule has 2 fully saturated rings. The van der Waals surface area contributed by atoms with E-state index in [1.807, 2.05) is 6.92 Å². The van der Waals surface area contributed by atoms with Crippen molar-refractivity contribution in [3.63, 3.8) is 0 Å². The highest BCUT2D eigenvalue weighted by Crippen LogP contribution is 2.34. The predicted octanol–water partition coefficient (Wildman–Crippen LogP) is 0.655. The van der Waals surface area contributed by atoms with Crippen LogP contribution in [0.4, 0.5) is 0 Å². The monoisotopic (exact) mass is 182 g/mol. The summed E-state index contributed by atoms with van der Waals surface area (Å²) in [6.07, 6.45) is 4.98. The molecule has 1 saturated heterocycles. The molecular weight excluding hydrogens is 164 g/mol. The molecule has 2 aliphatic rings. The summed E-state index contributed by atoms with van der Waals surface area (Å²) in [6, 6.07) is 0. The summed E-state index contributed by atoms with van der Waals surface area (Å²) in [4.78, 5) is 11.6. The molecule has 3 nitrogen and oxygen atoms in total. The number of hydrogen-bond acceptors (Lipinski definition) is 2. The number of piperazine rings is 1. The van der Waals surface area contributed by atoms with Crippen LogP contribution in [0.25, 0.3) is 0 Å². The van der Waals surface area contributed by atoms with Crippen LogP contribution in [0, 0.1) is 5.92 Å². The molecule has 1 atom stereocenters. The van der Waals surface area contributed by atoms with E-state index in [0.29, 0.717) is 0 Å². The van der Waals surface area contributed by atoms with Gasteiger partial charge < -0.3 is 10.6 Å². The van der Waals surface area contributed by atoms with E-state index >= 15 is 0 Å². The first kappa shape index (κ1) is 9.00. The molecule has 74 valence electrons. The van der Waals surface area contributed by atoms with Gasteiger partial charge in [-0.15, -0.1) is 0 Å². The fraction of sp³-hybridized carbons (Fsp3) is 0.900. The van der Waals surface area contributed by atoms with Crippen molar-refractivity contribution in [2.24, 2.45) is 5.92 Å². The molecule has 1 heterocycles. The Morgan fingerprint density at radius 1 is 1.46 bits per heavy atom. The van der Waals surface area contributed by atoms with Gasteiger partial charge in [-0.25, -0.2) is 0 Å². The first-order chi connectivity index (χ1) is 6.21. The second-order valence-electron chi connectivity index (χ2n) is 4.52. The van der Waals surface area contributed by atoms with Crippen molar-refractivity contribution in [1.29, 1.82) is 0 Å². The van der Waals surface area contributed by atoms with Gasteiger partial charge in [0.25, 0.3) is 0 Å². The molecule has 3 heteroatoms. The van der Waals surface area contributed by atoms with Gasteiger partial charge in [0, 0.05) is 13.1 Å². The lowest BCUT2D eigenvalue weighted by Gasteiger charge is -2.39. The van der Waals surface area contributed by atoms with Gasteiger partial charge in [0.05, 0.1) is 5.54 Å². The van der Waals surface area contributed by atoms with Crippen LogP contribution in [0.2, 0.25) is 0 Å². The predicted molar refractivity (Wildman–Crippen MR) is 51.4 cm³/mol. The standard InChI is InChI=1S/C10H18N2O/c1-10(7-8-3-2-4-8)9(13)11-5-6-12-10/h8,12H,2-7H2,1H3,(H,11,13). The third-order valence-electron chi connectivity index (χ3n) is 3.35. The highest BCUT2D eigenvalue weighted by molar-refractivity contribution is 5.86. The third-order valence-corrected chi connectivity index (χ3v) is 3.35. The van der Waals surface area contributed by atoms with E-state index in [1.165, 1.54) is 19.3 Å². The first-order valence-electron chi connectivity index (χ1n) is 5.24. The smallest absolute Gasteiger partial charge is 0.240 e. The summed E-state index contributed by atoms with van der Waals surface area (Å²) in [5.41, 5.74) is -0.288. The number of amides is 1. The summed E-state index contributed by atoms with van der Waals surface area (Å²) >= 11 is 0. The summed E-state index contributed by atoms with van der Waals surface area (Å²) in [5.74, 6) is 0.965. The third kappa shape index (κ3) is 1.70. The zero-order valence-electron chi connectivity index (χ0n) is 8.23. The fourth-order valence-corrected chi connectivity index (χ4v) is 2.23. The van der Waals surface area contributed by atoms with Crippen molar-refractivity contribution < 1.29 is 4.79 Å². The molecule has 1 aliphatic heterocycles. The summed E-state index contributed by atoms with van der Waals surface area (Å²) < 4.78 is 0. The average molecular weight is 182 g/mol. The van der Waals surface area contributed by atoms with E-state index in [9.17, 15) is 4.79 Å². The van der Waals surface area contributed by atoms with Crippen LogP contribution in [-0.2, 0) is 4.79 Å². The van der Waals surface area contributed by atoms with Crippen LogP contribution in [-0.4, -0.2) is 24.5 Å². The summed E-state index contributed by atoms with van der Waals surface area (Å²) in [5, 5.41) is 6.26. The van der Waals surface area contributed by atoms with E-state index in [2.05, 4.69) is 10.6 Å². The molecule has 13 heavy (non-hydrogen) atoms. The number of carbonyl (C=O) groups excluding carboxylic acids is 1. The van der Waals surface area contributed by atoms with Gasteiger partial charge in [-0.05, 0) is 19.3 Å². The largest absolute Gasteiger partial charge is 0.353 e. The maximum atomic E-state index is 11.6. The van der Waals surface area contributed by atoms with Crippen molar-refractivity contribution in [3.05, 3.63) is 0 Å². The van der Waals surface area contributed by atoms with E-state index in [0.717, 1.165) is 25.4 Å². The lowest BCUT2D eigenvalue weighted by molar-refractivity contribution is -0.129. The highest BCUT2D eigenvalue weighted by atomic mass is 16.2. The van der Waals surface area contributed by atoms with E-state index in [4.69, 9.17) is 0 Å². The lowest BCUT2D eigenvalue weighted by atomic mass is 9.76. The lowest BCUT2D eigenvalue weighted by Crippen LogP contribution is -2.62. The van der Waals surface area contributed by atoms with Gasteiger partial charge in [0.15, 0.2) is 0 Å². The molecule has 1 unspecified atom stereocenters. The molecular formula is C10H18N2O. The molecule has 1 saturated carbocycles. The second kappa shape index (κ2) is 3.29. The number of hydrogen-bond donors (Lipinski definition) is 2. The molecule has 1 amide bonds. The van der Waals surface area contributed by atoms with Crippen LogP contribution in [0.15, 0.2) is 0 Å². The highest BCUT2D eigenvalue weighted by Gasteiger charge is 2.38. The normalized spacial score (nSPS) is 35.3. The molecule has 0 aromatic carbocycles. The van der Waals surface area contributed by atoms with Gasteiger partial charge in [-0.2, -0.15) is 0 Å². The van der Waals surface area contributed by atoms with Gasteiger partial charge in [-0.3, -0.25) is 4.79 Å². The van der Waals surface area contributed by atoms with Crippen molar-refractivity contribution in [3.8, 4) is 0 Å². The van der Waals surface area contributed by atoms with E-state index in [-0.39, 0.29) is 11.4 Å². The zero-order valence-corrected chi connectivity index (χ0v) is 8.23. The average Bonchev–Trinajstić information content (AvgIpc) is 2.04. The SMILES string of the molecule is CC1(CC2CCC2)NCCNC1=O. The Hall–Kier alpha value is -0.570. The van der Waals surface area contributed by atoms with E-state index in [1.54, 1.807) is 0 Å². The fourth-order valence-electron chi connectivity index (χ4n) is 2.23. The van der Waals surface area contributed by atoms with Crippen LogP contribution in [0.5, 0.6) is 0 Å². The zero-order chi connectivity index (χ0) is 9.31. The van der Waals surface area contributed by atoms with Crippen molar-refractivity contribution in [2.45, 2.75) is 38.1 Å². The van der Waals surface area contributed by atoms with Crippen LogP contribution >= 0.6 is 0 Å². The minimum Gasteiger partial charge on any atom is -0.353 e. The van der Waals surface area contributed by atoms with Gasteiger partial charge >= 0.3 is 0 Å². The molecule has 0 spiro atoms. The minimum absolute atomic E-state index is 0.186. The maximum Gasteiger partial charge on any atom is 0.240 e. The quantitative estimate of drug-likeness (QED) is 0.658. The Morgan fingerprint density at radius 2 is 2.23 bits per heavy atom. The summed E-state index contributed by atoms with van der Waals surface area (Å²) in [7, 11) is 0. The topological polar surface area (TPSA) is 41.1 Å². The Balaban J connectivity index is 1.95. The molecule has 1 aliphatic carbocycles. The van der Waals surface area contributed by atoms with Crippen LogP contribution in [0.1, 0.15) is 32.6 Å².